The summed E-state index contributed by atoms with van der Waals surface area (Å²) in [5.41, 5.74) is 0.180. The van der Waals surface area contributed by atoms with Gasteiger partial charge in [-0.15, -0.1) is 0 Å². The first kappa shape index (κ1) is 21.9. The average Bonchev–Trinajstić information content (AvgIpc) is 2.55. The molecule has 1 rings (SSSR count). The minimum atomic E-state index is -4.23. The van der Waals surface area contributed by atoms with Crippen LogP contribution >= 0.6 is 0 Å². The van der Waals surface area contributed by atoms with Gasteiger partial charge in [0.25, 0.3) is 0 Å². The summed E-state index contributed by atoms with van der Waals surface area (Å²) < 4.78 is 44.7. The average molecular weight is 449 g/mol. The van der Waals surface area contributed by atoms with Crippen LogP contribution in [0, 0.1) is 0 Å². The van der Waals surface area contributed by atoms with E-state index in [1.807, 2.05) is 0 Å². The van der Waals surface area contributed by atoms with Gasteiger partial charge >= 0.3 is 150 Å². The van der Waals surface area contributed by atoms with E-state index in [0.29, 0.717) is 5.56 Å². The van der Waals surface area contributed by atoms with Crippen LogP contribution in [0.4, 0.5) is 13.2 Å². The molecule has 0 saturated carbocycles. The normalized spacial score (nSPS) is 12.6. The van der Waals surface area contributed by atoms with E-state index in [4.69, 9.17) is 0 Å². The zero-order chi connectivity index (χ0) is 18.1. The van der Waals surface area contributed by atoms with Crippen LogP contribution in [0.3, 0.4) is 0 Å². The van der Waals surface area contributed by atoms with E-state index in [0.717, 1.165) is 23.7 Å². The molecule has 4 heteroatoms. The molecule has 0 saturated heterocycles. The van der Waals surface area contributed by atoms with E-state index in [1.54, 1.807) is 12.1 Å². The maximum atomic E-state index is 13.4. The Bertz CT molecular complexity index is 446. The van der Waals surface area contributed by atoms with E-state index in [-0.39, 0.29) is 0 Å². The molecule has 0 atom stereocenters. The zero-order valence-electron chi connectivity index (χ0n) is 15.5. The molecule has 24 heavy (non-hydrogen) atoms. The Balaban J connectivity index is 3.13. The molecule has 1 aromatic rings. The summed E-state index contributed by atoms with van der Waals surface area (Å²) in [6.07, 6.45) is 2.80. The minimum absolute atomic E-state index is 0.393. The topological polar surface area (TPSA) is 0 Å². The first-order valence-corrected chi connectivity index (χ1v) is 17.6. The molecule has 0 spiro atoms. The summed E-state index contributed by atoms with van der Waals surface area (Å²) in [7, 11) is 0. The predicted molar refractivity (Wildman–Crippen MR) is 100 cm³/mol. The van der Waals surface area contributed by atoms with Crippen molar-refractivity contribution in [3.8, 4) is 0 Å². The summed E-state index contributed by atoms with van der Waals surface area (Å²) in [5, 5.41) is 0. The third kappa shape index (κ3) is 6.97. The molecule has 0 heterocycles. The molecular weight excluding hydrogens is 416 g/mol. The van der Waals surface area contributed by atoms with Crippen LogP contribution in [0.25, 0.3) is 0 Å². The Morgan fingerprint density at radius 2 is 1.25 bits per heavy atom. The summed E-state index contributed by atoms with van der Waals surface area (Å²) in [6, 6.07) is 6.30. The van der Waals surface area contributed by atoms with Gasteiger partial charge in [0, 0.05) is 0 Å². The van der Waals surface area contributed by atoms with Crippen LogP contribution in [0.15, 0.2) is 24.3 Å². The van der Waals surface area contributed by atoms with Crippen LogP contribution in [-0.2, 0) is 10.6 Å². The zero-order valence-corrected chi connectivity index (χ0v) is 18.4. The summed E-state index contributed by atoms with van der Waals surface area (Å²) in [4.78, 5) is 0. The molecule has 0 amide bonds. The van der Waals surface area contributed by atoms with Crippen molar-refractivity contribution in [2.45, 2.75) is 83.2 Å². The standard InChI is InChI=1S/C8H6F3.3C4H9.Sn/c1-6-4-2-3-5-7(6)8(9,10)11;3*1-3-4-2;/h2-5H,1H2;3*1,3-4H2,2H3;. The number of hydrogen-bond acceptors (Lipinski definition) is 0. The van der Waals surface area contributed by atoms with Crippen LogP contribution in [0.1, 0.15) is 70.4 Å². The van der Waals surface area contributed by atoms with Crippen molar-refractivity contribution < 1.29 is 13.2 Å². The quantitative estimate of drug-likeness (QED) is 0.305. The first-order chi connectivity index (χ1) is 11.4. The van der Waals surface area contributed by atoms with Gasteiger partial charge in [-0.05, 0) is 0 Å². The monoisotopic (exact) mass is 450 g/mol. The number of halogens is 3. The Morgan fingerprint density at radius 3 is 1.67 bits per heavy atom. The van der Waals surface area contributed by atoms with E-state index in [1.165, 1.54) is 44.7 Å². The fourth-order valence-corrected chi connectivity index (χ4v) is 19.9. The van der Waals surface area contributed by atoms with Crippen molar-refractivity contribution in [3.63, 3.8) is 0 Å². The molecule has 0 aliphatic carbocycles. The Kier molecular flexibility index (Phi) is 9.76. The fourth-order valence-electron chi connectivity index (χ4n) is 3.65. The number of hydrogen-bond donors (Lipinski definition) is 0. The molecule has 0 aromatic heterocycles. The Hall–Kier alpha value is -0.191. The van der Waals surface area contributed by atoms with Gasteiger partial charge in [-0.3, -0.25) is 0 Å². The molecule has 0 unspecified atom stereocenters. The van der Waals surface area contributed by atoms with Crippen LogP contribution in [0.5, 0.6) is 0 Å². The second-order valence-electron chi connectivity index (χ2n) is 7.14. The molecule has 0 N–H and O–H groups in total. The van der Waals surface area contributed by atoms with Gasteiger partial charge in [0.2, 0.25) is 0 Å². The molecule has 0 aliphatic heterocycles. The van der Waals surface area contributed by atoms with Crippen molar-refractivity contribution in [1.82, 2.24) is 0 Å². The van der Waals surface area contributed by atoms with Gasteiger partial charge in [0.1, 0.15) is 0 Å². The second-order valence-corrected chi connectivity index (χ2v) is 21.0. The maximum absolute atomic E-state index is 13.4. The third-order valence-electron chi connectivity index (χ3n) is 5.07. The van der Waals surface area contributed by atoms with Crippen molar-refractivity contribution >= 4 is 18.4 Å². The van der Waals surface area contributed by atoms with Gasteiger partial charge in [0.05, 0.1) is 0 Å². The number of benzene rings is 1. The number of alkyl halides is 3. The van der Waals surface area contributed by atoms with Crippen LogP contribution < -0.4 is 0 Å². The molecular formula is C20H33F3Sn. The third-order valence-corrected chi connectivity index (χ3v) is 20.4. The van der Waals surface area contributed by atoms with Crippen LogP contribution in [0.2, 0.25) is 13.3 Å². The molecule has 0 bridgehead atoms. The van der Waals surface area contributed by atoms with E-state index < -0.39 is 30.1 Å². The molecule has 0 radical (unpaired) electrons. The number of rotatable bonds is 11. The Morgan fingerprint density at radius 1 is 0.792 bits per heavy atom. The number of unbranched alkanes of at least 4 members (excludes halogenated alkanes) is 3. The van der Waals surface area contributed by atoms with Gasteiger partial charge < -0.3 is 0 Å². The van der Waals surface area contributed by atoms with Crippen molar-refractivity contribution in [2.75, 3.05) is 0 Å². The summed E-state index contributed by atoms with van der Waals surface area (Å²) in [6.45, 7) is 6.58. The van der Waals surface area contributed by atoms with Crippen molar-refractivity contribution in [3.05, 3.63) is 35.4 Å². The summed E-state index contributed by atoms with van der Waals surface area (Å²) in [5.74, 6) is 0. The molecule has 0 nitrogen and oxygen atoms in total. The first-order valence-electron chi connectivity index (χ1n) is 9.53. The molecule has 0 fully saturated rings. The van der Waals surface area contributed by atoms with Gasteiger partial charge in [-0.1, -0.05) is 0 Å². The van der Waals surface area contributed by atoms with Crippen molar-refractivity contribution in [2.24, 2.45) is 0 Å². The van der Waals surface area contributed by atoms with Crippen molar-refractivity contribution in [1.29, 1.82) is 0 Å². The molecule has 1 aromatic carbocycles. The van der Waals surface area contributed by atoms with Crippen LogP contribution in [-0.4, -0.2) is 18.4 Å². The van der Waals surface area contributed by atoms with Gasteiger partial charge in [0.15, 0.2) is 0 Å². The van der Waals surface area contributed by atoms with Gasteiger partial charge in [-0.25, -0.2) is 0 Å². The fraction of sp³-hybridized carbons (Fsp3) is 0.700. The summed E-state index contributed by atoms with van der Waals surface area (Å²) >= 11 is -2.59. The van der Waals surface area contributed by atoms with E-state index >= 15 is 0 Å². The second kappa shape index (κ2) is 10.7. The van der Waals surface area contributed by atoms with E-state index in [2.05, 4.69) is 20.8 Å². The Labute approximate surface area is 150 Å². The SMILES string of the molecule is CCC[CH2][Sn]([CH2]CCC)([CH2]CCC)[CH2]c1ccccc1C(F)(F)F. The predicted octanol–water partition coefficient (Wildman–Crippen LogP) is 7.64. The van der Waals surface area contributed by atoms with Gasteiger partial charge in [-0.2, -0.15) is 0 Å². The van der Waals surface area contributed by atoms with E-state index in [9.17, 15) is 13.2 Å². The molecule has 0 aliphatic rings. The molecule has 138 valence electrons.